The summed E-state index contributed by atoms with van der Waals surface area (Å²) in [5.41, 5.74) is 1.83. The second-order valence-electron chi connectivity index (χ2n) is 6.47. The number of rotatable bonds is 8. The van der Waals surface area contributed by atoms with E-state index in [-0.39, 0.29) is 15.5 Å². The van der Waals surface area contributed by atoms with E-state index in [0.717, 1.165) is 29.0 Å². The summed E-state index contributed by atoms with van der Waals surface area (Å²) in [5.74, 6) is 0. The van der Waals surface area contributed by atoms with Crippen LogP contribution in [0.5, 0.6) is 0 Å². The Morgan fingerprint density at radius 2 is 2.03 bits per heavy atom. The largest absolute Gasteiger partial charge is 0.304 e. The van der Waals surface area contributed by atoms with Gasteiger partial charge in [-0.3, -0.25) is 14.8 Å². The van der Waals surface area contributed by atoms with Crippen LogP contribution in [0.15, 0.2) is 70.3 Å². The molecule has 0 amide bonds. The highest BCUT2D eigenvalue weighted by molar-refractivity contribution is 7.99. The van der Waals surface area contributed by atoms with Gasteiger partial charge in [-0.25, -0.2) is 8.42 Å². The number of aryl methyl sites for hydroxylation is 2. The average molecular weight is 446 g/mol. The van der Waals surface area contributed by atoms with Gasteiger partial charge < -0.3 is 4.57 Å². The molecule has 0 saturated carbocycles. The number of sulfonamides is 1. The highest BCUT2D eigenvalue weighted by Gasteiger charge is 2.23. The zero-order valence-corrected chi connectivity index (χ0v) is 17.9. The summed E-state index contributed by atoms with van der Waals surface area (Å²) in [6.45, 7) is 7.77. The summed E-state index contributed by atoms with van der Waals surface area (Å²) in [7, 11) is -4.01. The standard InChI is InChI=1S/C19H19N5O4S2/c1-4-9-23-12-20-21-19(23)29-18-8-6-15(11-17(18)24(25)26)30(27,28)22-16-7-5-13(2)10-14(16)3/h4-8,10-12,22H,1,9H2,2-3H3. The summed E-state index contributed by atoms with van der Waals surface area (Å²) >= 11 is 1.03. The number of nitro benzene ring substituents is 1. The number of nitro groups is 1. The van der Waals surface area contributed by atoms with Gasteiger partial charge in [0, 0.05) is 12.6 Å². The Hall–Kier alpha value is -3.18. The maximum Gasteiger partial charge on any atom is 0.284 e. The number of aromatic nitrogens is 3. The zero-order valence-electron chi connectivity index (χ0n) is 16.3. The molecule has 2 aromatic carbocycles. The maximum absolute atomic E-state index is 12.8. The van der Waals surface area contributed by atoms with Crippen LogP contribution in [0.4, 0.5) is 11.4 Å². The molecule has 1 heterocycles. The molecule has 9 nitrogen and oxygen atoms in total. The van der Waals surface area contributed by atoms with E-state index in [9.17, 15) is 18.5 Å². The van der Waals surface area contributed by atoms with Crippen molar-refractivity contribution in [3.05, 3.63) is 76.6 Å². The van der Waals surface area contributed by atoms with Crippen molar-refractivity contribution < 1.29 is 13.3 Å². The summed E-state index contributed by atoms with van der Waals surface area (Å²) in [4.78, 5) is 11.0. The van der Waals surface area contributed by atoms with E-state index in [0.29, 0.717) is 17.4 Å². The molecule has 0 aliphatic carbocycles. The molecule has 0 unspecified atom stereocenters. The SMILES string of the molecule is C=CCn1cnnc1Sc1ccc(S(=O)(=O)Nc2ccc(C)cc2C)cc1[N+](=O)[O-]. The lowest BCUT2D eigenvalue weighted by Gasteiger charge is -2.12. The second-order valence-corrected chi connectivity index (χ2v) is 9.16. The van der Waals surface area contributed by atoms with E-state index < -0.39 is 14.9 Å². The van der Waals surface area contributed by atoms with Gasteiger partial charge in [0.05, 0.1) is 20.4 Å². The molecule has 3 rings (SSSR count). The number of hydrogen-bond acceptors (Lipinski definition) is 7. The van der Waals surface area contributed by atoms with Crippen molar-refractivity contribution in [1.82, 2.24) is 14.8 Å². The molecule has 0 saturated heterocycles. The van der Waals surface area contributed by atoms with Crippen LogP contribution in [0.25, 0.3) is 0 Å². The molecule has 0 aliphatic rings. The second kappa shape index (κ2) is 8.67. The van der Waals surface area contributed by atoms with E-state index >= 15 is 0 Å². The lowest BCUT2D eigenvalue weighted by atomic mass is 10.1. The van der Waals surface area contributed by atoms with Crippen LogP contribution < -0.4 is 4.72 Å². The minimum absolute atomic E-state index is 0.203. The summed E-state index contributed by atoms with van der Waals surface area (Å²) in [6, 6.07) is 9.06. The van der Waals surface area contributed by atoms with Crippen molar-refractivity contribution in [2.45, 2.75) is 35.3 Å². The Morgan fingerprint density at radius 1 is 1.27 bits per heavy atom. The molecule has 11 heteroatoms. The minimum Gasteiger partial charge on any atom is -0.304 e. The van der Waals surface area contributed by atoms with Gasteiger partial charge in [-0.1, -0.05) is 23.8 Å². The normalized spacial score (nSPS) is 11.3. The van der Waals surface area contributed by atoms with Crippen LogP contribution in [0, 0.1) is 24.0 Å². The van der Waals surface area contributed by atoms with E-state index in [1.807, 2.05) is 13.0 Å². The van der Waals surface area contributed by atoms with Gasteiger partial charge in [-0.15, -0.1) is 16.8 Å². The molecule has 0 bridgehead atoms. The van der Waals surface area contributed by atoms with Crippen LogP contribution in [-0.2, 0) is 16.6 Å². The quantitative estimate of drug-likeness (QED) is 0.317. The Kier molecular flexibility index (Phi) is 6.22. The van der Waals surface area contributed by atoms with Gasteiger partial charge in [0.15, 0.2) is 5.16 Å². The summed E-state index contributed by atoms with van der Waals surface area (Å²) in [6.07, 6.45) is 3.14. The van der Waals surface area contributed by atoms with Crippen LogP contribution >= 0.6 is 11.8 Å². The molecular formula is C19H19N5O4S2. The highest BCUT2D eigenvalue weighted by atomic mass is 32.2. The molecule has 0 spiro atoms. The third-order valence-corrected chi connectivity index (χ3v) is 6.60. The van der Waals surface area contributed by atoms with E-state index in [1.165, 1.54) is 18.5 Å². The number of nitrogens with one attached hydrogen (secondary N) is 1. The number of nitrogens with zero attached hydrogens (tertiary/aromatic N) is 4. The van der Waals surface area contributed by atoms with Crippen molar-refractivity contribution >= 4 is 33.2 Å². The van der Waals surface area contributed by atoms with Crippen molar-refractivity contribution in [2.24, 2.45) is 0 Å². The highest BCUT2D eigenvalue weighted by Crippen LogP contribution is 2.35. The smallest absolute Gasteiger partial charge is 0.284 e. The first-order valence-corrected chi connectivity index (χ1v) is 11.1. The fourth-order valence-corrected chi connectivity index (χ4v) is 4.76. The van der Waals surface area contributed by atoms with Crippen molar-refractivity contribution in [3.63, 3.8) is 0 Å². The third-order valence-electron chi connectivity index (χ3n) is 4.17. The van der Waals surface area contributed by atoms with Crippen LogP contribution in [0.2, 0.25) is 0 Å². The molecule has 1 aromatic heterocycles. The average Bonchev–Trinajstić information content (AvgIpc) is 3.11. The Labute approximate surface area is 178 Å². The van der Waals surface area contributed by atoms with Gasteiger partial charge in [-0.2, -0.15) is 0 Å². The predicted molar refractivity (Wildman–Crippen MR) is 114 cm³/mol. The van der Waals surface area contributed by atoms with Crippen LogP contribution in [0.1, 0.15) is 11.1 Å². The molecule has 3 aromatic rings. The first-order valence-electron chi connectivity index (χ1n) is 8.76. The number of benzene rings is 2. The number of allylic oxidation sites excluding steroid dienone is 1. The Balaban J connectivity index is 1.95. The first-order chi connectivity index (χ1) is 14.2. The lowest BCUT2D eigenvalue weighted by Crippen LogP contribution is -2.14. The number of anilines is 1. The van der Waals surface area contributed by atoms with Crippen molar-refractivity contribution in [1.29, 1.82) is 0 Å². The topological polar surface area (TPSA) is 120 Å². The minimum atomic E-state index is -4.01. The fraction of sp³-hybridized carbons (Fsp3) is 0.158. The molecule has 1 N–H and O–H groups in total. The van der Waals surface area contributed by atoms with Gasteiger partial charge >= 0.3 is 0 Å². The van der Waals surface area contributed by atoms with E-state index in [2.05, 4.69) is 21.5 Å². The van der Waals surface area contributed by atoms with Crippen LogP contribution in [0.3, 0.4) is 0 Å². The van der Waals surface area contributed by atoms with Gasteiger partial charge in [0.2, 0.25) is 0 Å². The molecule has 0 atom stereocenters. The van der Waals surface area contributed by atoms with Gasteiger partial charge in [0.25, 0.3) is 15.7 Å². The van der Waals surface area contributed by atoms with E-state index in [1.54, 1.807) is 29.7 Å². The molecule has 156 valence electrons. The van der Waals surface area contributed by atoms with Gasteiger partial charge in [-0.05, 0) is 49.4 Å². The molecule has 30 heavy (non-hydrogen) atoms. The first kappa shape index (κ1) is 21.5. The Morgan fingerprint density at radius 3 is 2.70 bits per heavy atom. The molecule has 0 fully saturated rings. The van der Waals surface area contributed by atoms with Crippen molar-refractivity contribution in [2.75, 3.05) is 4.72 Å². The maximum atomic E-state index is 12.8. The van der Waals surface area contributed by atoms with Crippen LogP contribution in [-0.4, -0.2) is 28.1 Å². The fourth-order valence-electron chi connectivity index (χ4n) is 2.71. The number of hydrogen-bond donors (Lipinski definition) is 1. The predicted octanol–water partition coefficient (Wildman–Crippen LogP) is 3.94. The van der Waals surface area contributed by atoms with E-state index in [4.69, 9.17) is 0 Å². The lowest BCUT2D eigenvalue weighted by molar-refractivity contribution is -0.388. The molecule has 0 radical (unpaired) electrons. The zero-order chi connectivity index (χ0) is 21.9. The third kappa shape index (κ3) is 4.69. The summed E-state index contributed by atoms with van der Waals surface area (Å²) < 4.78 is 29.8. The van der Waals surface area contributed by atoms with Crippen molar-refractivity contribution in [3.8, 4) is 0 Å². The Bertz CT molecular complexity index is 1220. The monoisotopic (exact) mass is 445 g/mol. The molecular weight excluding hydrogens is 426 g/mol. The molecule has 0 aliphatic heterocycles. The van der Waals surface area contributed by atoms with Gasteiger partial charge in [0.1, 0.15) is 6.33 Å². The summed E-state index contributed by atoms with van der Waals surface area (Å²) in [5, 5.41) is 19.8.